The Bertz CT molecular complexity index is 853. The zero-order valence-electron chi connectivity index (χ0n) is 14.7. The molecule has 1 aromatic carbocycles. The van der Waals surface area contributed by atoms with Gasteiger partial charge in [-0.3, -0.25) is 20.2 Å². The summed E-state index contributed by atoms with van der Waals surface area (Å²) >= 11 is 0. The van der Waals surface area contributed by atoms with Crippen molar-refractivity contribution in [1.29, 1.82) is 0 Å². The maximum Gasteiger partial charge on any atom is 0.338 e. The Balaban J connectivity index is 2.01. The van der Waals surface area contributed by atoms with Gasteiger partial charge in [0, 0.05) is 17.7 Å². The maximum absolute atomic E-state index is 12.3. The van der Waals surface area contributed by atoms with Gasteiger partial charge in [-0.25, -0.2) is 9.78 Å². The summed E-state index contributed by atoms with van der Waals surface area (Å²) in [6.07, 6.45) is 1.73. The monoisotopic (exact) mass is 374 g/mol. The molecule has 0 radical (unpaired) electrons. The van der Waals surface area contributed by atoms with Crippen molar-refractivity contribution in [1.82, 2.24) is 4.98 Å². The van der Waals surface area contributed by atoms with Gasteiger partial charge in [0.15, 0.2) is 0 Å². The van der Waals surface area contributed by atoms with Gasteiger partial charge in [-0.2, -0.15) is 0 Å². The number of aromatic nitrogens is 1. The van der Waals surface area contributed by atoms with Crippen molar-refractivity contribution in [2.45, 2.75) is 26.3 Å². The molecule has 0 aliphatic rings. The molecule has 0 amide bonds. The van der Waals surface area contributed by atoms with Crippen molar-refractivity contribution < 1.29 is 19.4 Å². The van der Waals surface area contributed by atoms with Crippen molar-refractivity contribution in [2.75, 3.05) is 11.9 Å². The lowest BCUT2D eigenvalue weighted by Gasteiger charge is -2.17. The minimum atomic E-state index is -0.659. The Labute approximate surface area is 154 Å². The van der Waals surface area contributed by atoms with Gasteiger partial charge in [-0.1, -0.05) is 13.0 Å². The molecule has 1 aromatic heterocycles. The Hall–Kier alpha value is -3.56. The number of benzene rings is 1. The third kappa shape index (κ3) is 4.97. The average molecular weight is 374 g/mol. The minimum absolute atomic E-state index is 0.0101. The molecule has 0 spiro atoms. The predicted octanol–water partition coefficient (Wildman–Crippen LogP) is 3.25. The van der Waals surface area contributed by atoms with Crippen molar-refractivity contribution in [3.8, 4) is 0 Å². The van der Waals surface area contributed by atoms with Gasteiger partial charge in [0.05, 0.1) is 21.5 Å². The lowest BCUT2D eigenvalue weighted by molar-refractivity contribution is -0.385. The molecule has 0 saturated heterocycles. The molecule has 1 heterocycles. The summed E-state index contributed by atoms with van der Waals surface area (Å²) in [5, 5.41) is 24.6. The number of hydrogen-bond donors (Lipinski definition) is 1. The molecule has 0 saturated carbocycles. The van der Waals surface area contributed by atoms with Crippen LogP contribution < -0.4 is 5.32 Å². The number of esters is 1. The van der Waals surface area contributed by atoms with Crippen molar-refractivity contribution in [2.24, 2.45) is 0 Å². The number of anilines is 1. The van der Waals surface area contributed by atoms with Crippen LogP contribution >= 0.6 is 0 Å². The summed E-state index contributed by atoms with van der Waals surface area (Å²) in [5.74, 6) is -0.247. The summed E-state index contributed by atoms with van der Waals surface area (Å²) in [6.45, 7) is 3.37. The molecule has 10 nitrogen and oxygen atoms in total. The molecule has 0 aliphatic carbocycles. The molecule has 0 fully saturated rings. The van der Waals surface area contributed by atoms with Crippen LogP contribution in [0.15, 0.2) is 36.5 Å². The van der Waals surface area contributed by atoms with E-state index in [-0.39, 0.29) is 35.2 Å². The van der Waals surface area contributed by atoms with Crippen LogP contribution in [0.25, 0.3) is 0 Å². The Morgan fingerprint density at radius 1 is 1.22 bits per heavy atom. The number of nitrogens with zero attached hydrogens (tertiary/aromatic N) is 3. The van der Waals surface area contributed by atoms with Gasteiger partial charge in [0.2, 0.25) is 0 Å². The van der Waals surface area contributed by atoms with Crippen LogP contribution in [0.2, 0.25) is 0 Å². The van der Waals surface area contributed by atoms with Crippen LogP contribution in [0.5, 0.6) is 0 Å². The molecule has 142 valence electrons. The van der Waals surface area contributed by atoms with E-state index in [4.69, 9.17) is 4.74 Å². The zero-order chi connectivity index (χ0) is 20.0. The Kier molecular flexibility index (Phi) is 6.36. The fraction of sp³-hybridized carbons (Fsp3) is 0.294. The maximum atomic E-state index is 12.3. The van der Waals surface area contributed by atoms with Crippen LogP contribution in [0.1, 0.15) is 29.3 Å². The molecule has 0 aliphatic heterocycles. The van der Waals surface area contributed by atoms with E-state index in [1.54, 1.807) is 0 Å². The van der Waals surface area contributed by atoms with Crippen molar-refractivity contribution >= 4 is 23.2 Å². The van der Waals surface area contributed by atoms with E-state index in [0.717, 1.165) is 6.20 Å². The average Bonchev–Trinajstić information content (AvgIpc) is 2.65. The number of hydrogen-bond acceptors (Lipinski definition) is 8. The summed E-state index contributed by atoms with van der Waals surface area (Å²) in [7, 11) is 0. The first-order valence-electron chi connectivity index (χ1n) is 8.11. The van der Waals surface area contributed by atoms with Crippen LogP contribution in [-0.2, 0) is 4.74 Å². The highest BCUT2D eigenvalue weighted by atomic mass is 16.6. The largest absolute Gasteiger partial charge is 0.460 e. The molecule has 10 heteroatoms. The highest BCUT2D eigenvalue weighted by Crippen LogP contribution is 2.22. The molecular formula is C17H18N4O6. The fourth-order valence-corrected chi connectivity index (χ4v) is 2.35. The third-order valence-electron chi connectivity index (χ3n) is 3.94. The second kappa shape index (κ2) is 8.70. The first kappa shape index (κ1) is 19.8. The number of carbonyl (C=O) groups is 1. The molecular weight excluding hydrogens is 356 g/mol. The van der Waals surface area contributed by atoms with Crippen LogP contribution in [0.3, 0.4) is 0 Å². The molecule has 0 bridgehead atoms. The van der Waals surface area contributed by atoms with Gasteiger partial charge in [0.1, 0.15) is 18.6 Å². The van der Waals surface area contributed by atoms with Crippen LogP contribution in [0.4, 0.5) is 17.2 Å². The second-order valence-corrected chi connectivity index (χ2v) is 5.71. The van der Waals surface area contributed by atoms with Gasteiger partial charge in [-0.05, 0) is 25.5 Å². The fourth-order valence-electron chi connectivity index (χ4n) is 2.35. The summed E-state index contributed by atoms with van der Waals surface area (Å²) < 4.78 is 5.27. The lowest BCUT2D eigenvalue weighted by Crippen LogP contribution is -2.27. The first-order valence-corrected chi connectivity index (χ1v) is 8.11. The SMILES string of the molecule is CCC(COC(=O)c1cccc([N+](=O)[O-])c1C)Nc1ccc([N+](=O)[O-])cn1. The molecule has 1 N–H and O–H groups in total. The van der Waals surface area contributed by atoms with E-state index < -0.39 is 15.8 Å². The lowest BCUT2D eigenvalue weighted by atomic mass is 10.1. The summed E-state index contributed by atoms with van der Waals surface area (Å²) in [5.41, 5.74) is 0.101. The highest BCUT2D eigenvalue weighted by molar-refractivity contribution is 5.92. The van der Waals surface area contributed by atoms with Crippen molar-refractivity contribution in [3.05, 3.63) is 67.9 Å². The first-order chi connectivity index (χ1) is 12.8. The van der Waals surface area contributed by atoms with E-state index >= 15 is 0 Å². The zero-order valence-corrected chi connectivity index (χ0v) is 14.7. The summed E-state index contributed by atoms with van der Waals surface area (Å²) in [4.78, 5) is 36.7. The van der Waals surface area contributed by atoms with E-state index in [9.17, 15) is 25.0 Å². The third-order valence-corrected chi connectivity index (χ3v) is 3.94. The molecule has 2 aromatic rings. The minimum Gasteiger partial charge on any atom is -0.460 e. The van der Waals surface area contributed by atoms with E-state index in [2.05, 4.69) is 10.3 Å². The molecule has 1 unspecified atom stereocenters. The number of nitrogens with one attached hydrogen (secondary N) is 1. The van der Waals surface area contributed by atoms with Gasteiger partial charge in [0.25, 0.3) is 11.4 Å². The number of carbonyl (C=O) groups excluding carboxylic acids is 1. The number of nitro benzene ring substituents is 1. The number of nitro groups is 2. The smallest absolute Gasteiger partial charge is 0.338 e. The number of pyridine rings is 1. The topological polar surface area (TPSA) is 138 Å². The summed E-state index contributed by atoms with van der Waals surface area (Å²) in [6, 6.07) is 6.73. The molecule has 1 atom stereocenters. The van der Waals surface area contributed by atoms with E-state index in [1.807, 2.05) is 6.92 Å². The molecule has 27 heavy (non-hydrogen) atoms. The van der Waals surface area contributed by atoms with E-state index in [0.29, 0.717) is 12.2 Å². The van der Waals surface area contributed by atoms with Gasteiger partial charge >= 0.3 is 5.97 Å². The van der Waals surface area contributed by atoms with Gasteiger partial charge < -0.3 is 10.1 Å². The number of rotatable bonds is 8. The van der Waals surface area contributed by atoms with Crippen molar-refractivity contribution in [3.63, 3.8) is 0 Å². The van der Waals surface area contributed by atoms with Crippen LogP contribution in [-0.4, -0.2) is 33.4 Å². The van der Waals surface area contributed by atoms with Gasteiger partial charge in [-0.15, -0.1) is 0 Å². The standard InChI is InChI=1S/C17H18N4O6/c1-3-12(19-16-8-7-13(9-18-16)20(23)24)10-27-17(22)14-5-4-6-15(11(14)2)21(25)26/h4-9,12H,3,10H2,1-2H3,(H,18,19). The quantitative estimate of drug-likeness (QED) is 0.422. The predicted molar refractivity (Wildman–Crippen MR) is 96.7 cm³/mol. The van der Waals surface area contributed by atoms with E-state index in [1.165, 1.54) is 37.3 Å². The molecule has 2 rings (SSSR count). The second-order valence-electron chi connectivity index (χ2n) is 5.71. The highest BCUT2D eigenvalue weighted by Gasteiger charge is 2.20. The van der Waals surface area contributed by atoms with Crippen LogP contribution in [0, 0.1) is 27.2 Å². The number of ether oxygens (including phenoxy) is 1. The Morgan fingerprint density at radius 2 is 1.96 bits per heavy atom. The normalized spacial score (nSPS) is 11.5. The Morgan fingerprint density at radius 3 is 2.52 bits per heavy atom.